The van der Waals surface area contributed by atoms with Crippen molar-refractivity contribution in [1.82, 2.24) is 37.3 Å². The van der Waals surface area contributed by atoms with E-state index in [0.29, 0.717) is 6.42 Å². The highest BCUT2D eigenvalue weighted by Gasteiger charge is 2.51. The Balaban J connectivity index is 0.0000121. The maximum atomic E-state index is 16.0. The maximum Gasteiger partial charge on any atom is 0.330 e. The van der Waals surface area contributed by atoms with Gasteiger partial charge < -0.3 is 118 Å². The first-order chi connectivity index (χ1) is 47.6. The van der Waals surface area contributed by atoms with Gasteiger partial charge in [-0.05, 0) is 103 Å². The Hall–Kier alpha value is -9.20. The molecule has 35 heteroatoms. The number of rotatable bonds is 13. The van der Waals surface area contributed by atoms with Crippen LogP contribution in [0.2, 0.25) is 10.0 Å². The number of ether oxygens (including phenoxy) is 6. The maximum absolute atomic E-state index is 16.0. The van der Waals surface area contributed by atoms with Gasteiger partial charge in [-0.15, -0.1) is 0 Å². The summed E-state index contributed by atoms with van der Waals surface area (Å²) in [5.74, 6) is -10.6. The minimum absolute atomic E-state index is 0. The van der Waals surface area contributed by atoms with Gasteiger partial charge in [0.15, 0.2) is 29.9 Å². The van der Waals surface area contributed by atoms with Crippen molar-refractivity contribution in [1.29, 1.82) is 0 Å². The van der Waals surface area contributed by atoms with Crippen molar-refractivity contribution in [2.45, 2.75) is 165 Å². The second-order valence-corrected chi connectivity index (χ2v) is 26.8. The Morgan fingerprint density at radius 1 is 0.706 bits per heavy atom. The minimum atomic E-state index is -2.33. The van der Waals surface area contributed by atoms with Gasteiger partial charge in [-0.2, -0.15) is 0 Å². The van der Waals surface area contributed by atoms with E-state index in [4.69, 9.17) is 68.9 Å². The number of carboxylic acid groups (broad SMARTS) is 1. The Morgan fingerprint density at radius 3 is 1.89 bits per heavy atom. The predicted molar refractivity (Wildman–Crippen MR) is 357 cm³/mol. The molecule has 7 aliphatic rings. The summed E-state index contributed by atoms with van der Waals surface area (Å²) in [7, 11) is 0. The van der Waals surface area contributed by atoms with E-state index < -0.39 is 225 Å². The van der Waals surface area contributed by atoms with Gasteiger partial charge in [0, 0.05) is 47.2 Å². The van der Waals surface area contributed by atoms with E-state index >= 15 is 14.4 Å². The molecule has 10 unspecified atom stereocenters. The number of phenolic OH excluding ortho intramolecular Hbond substituents is 3. The lowest BCUT2D eigenvalue weighted by Gasteiger charge is -2.47. The van der Waals surface area contributed by atoms with Gasteiger partial charge in [-0.3, -0.25) is 44.8 Å². The quantitative estimate of drug-likeness (QED) is 0.0583. The monoisotopic (exact) mass is 1460 g/mol. The van der Waals surface area contributed by atoms with Crippen LogP contribution in [0.3, 0.4) is 0 Å². The van der Waals surface area contributed by atoms with Crippen LogP contribution < -0.4 is 68.8 Å². The molecule has 0 radical (unpaired) electrons. The third-order valence-electron chi connectivity index (χ3n) is 17.8. The van der Waals surface area contributed by atoms with Crippen LogP contribution in [0, 0.1) is 11.8 Å². The molecular weight excluding hydrogens is 1380 g/mol. The summed E-state index contributed by atoms with van der Waals surface area (Å²) in [5, 5.41) is 118. The van der Waals surface area contributed by atoms with Crippen LogP contribution in [-0.2, 0) is 52.6 Å². The average Bonchev–Trinajstić information content (AvgIpc) is 0.766. The number of aliphatic hydroxyl groups excluding tert-OH is 5. The number of carbonyl (C=O) groups excluding carboxylic acids is 7. The number of aliphatic carboxylic acids is 1. The van der Waals surface area contributed by atoms with Gasteiger partial charge in [0.25, 0.3) is 0 Å². The molecule has 2 saturated heterocycles. The van der Waals surface area contributed by atoms with E-state index in [1.165, 1.54) is 26.0 Å². The van der Waals surface area contributed by atoms with Gasteiger partial charge >= 0.3 is 5.97 Å². The SMILES string of the molecule is C.CC(C)C[C@H](C)C(=O)N[C@H]1C(=O)N[C@@H](CC(N)=O)C(=O)N[C@H]2C(=O)NC3C(=O)N[C@H](C(=O)N[C@@H](C(=O)O)c4cc(O)cc(O)c4-c4cc3ccc4O)[C@H](O)c3ccc(c(Cl)c3)Oc3cc2cc(c3OC2OC(CNN)C(O)C(O)C2OC2CC(C)(N)C(O)C(C)O2)Oc2ccc(cc2Cl)[C@H]1O. The number of aromatic hydroxyl groups is 3. The molecule has 102 heavy (non-hydrogen) atoms. The molecule has 18 atom stereocenters. The van der Waals surface area contributed by atoms with Crippen LogP contribution in [0.25, 0.3) is 11.1 Å². The lowest BCUT2D eigenvalue weighted by Crippen LogP contribution is -2.65. The van der Waals surface area contributed by atoms with Crippen molar-refractivity contribution in [3.63, 3.8) is 0 Å². The fourth-order valence-corrected chi connectivity index (χ4v) is 13.1. The standard InChI is InChI=1S/C66H76Cl2N10O23.CH4/c1-23(2)12-24(3)58(88)77-49-51(83)27-7-10-38(33(67)14-27)97-40-16-29-17-41(55(40)101-65-56(54(86)53(85)42(99-65)22-72-71)100-44-21-66(5,70)57(87)25(4)96-44)98-39-11-8-28(15-34(39)68)52(84)50-63(93)76-48(64(94)95)32-18-30(79)19-37(81)45(32)31-13-26(6-9-36(31)80)46(60(90)78-50)75-61(91)47(29)74-59(89)35(20-43(69)82)73-62(49)92;/h6-11,13-19,23-25,35,42,44,46-54,56-57,65,72,79-81,83-87H,12,20-22,70-71H2,1-5H3,(H2,69,82)(H,73,92)(H,74,89)(H,75,91)(H,76,93)(H,77,88)(H,78,90)(H,94,95);1H4/t24-,25?,35-,42?,44?,46?,47+,48+,49+,50-,51+,52+,53?,54?,56?,57?,65?,66?;/m0./s1. The van der Waals surface area contributed by atoms with E-state index in [-0.39, 0.29) is 59.5 Å². The molecule has 33 nitrogen and oxygen atoms in total. The largest absolute Gasteiger partial charge is 0.508 e. The first-order valence-corrected chi connectivity index (χ1v) is 32.5. The molecule has 0 spiro atoms. The van der Waals surface area contributed by atoms with E-state index in [1.807, 2.05) is 13.8 Å². The number of fused-ring (bicyclic) bond motifs is 15. The van der Waals surface area contributed by atoms with Crippen LogP contribution in [0.1, 0.15) is 119 Å². The van der Waals surface area contributed by atoms with Crippen LogP contribution >= 0.6 is 23.2 Å². The fraction of sp³-hybridized carbons (Fsp3) is 0.433. The molecule has 5 aromatic rings. The highest BCUT2D eigenvalue weighted by Crippen LogP contribution is 2.50. The van der Waals surface area contributed by atoms with Gasteiger partial charge in [0.2, 0.25) is 53.4 Å². The molecule has 7 amide bonds. The number of benzene rings is 5. The number of hydrogen-bond donors (Lipinski definition) is 19. The topological polar surface area (TPSA) is 536 Å². The summed E-state index contributed by atoms with van der Waals surface area (Å²) < 4.78 is 38.7. The molecule has 0 aromatic heterocycles. The van der Waals surface area contributed by atoms with Crippen molar-refractivity contribution < 1.29 is 113 Å². The van der Waals surface area contributed by atoms with Crippen molar-refractivity contribution in [3.05, 3.63) is 117 Å². The first-order valence-electron chi connectivity index (χ1n) is 31.7. The highest BCUT2D eigenvalue weighted by molar-refractivity contribution is 6.32. The number of phenols is 3. The Kier molecular flexibility index (Phi) is 23.5. The first kappa shape index (κ1) is 77.0. The number of aliphatic hydroxyl groups is 5. The van der Waals surface area contributed by atoms with Crippen molar-refractivity contribution in [2.24, 2.45) is 29.1 Å². The number of hydrazine groups is 1. The number of halogens is 2. The number of nitrogens with one attached hydrogen (secondary N) is 7. The highest BCUT2D eigenvalue weighted by atomic mass is 35.5. The van der Waals surface area contributed by atoms with Gasteiger partial charge in [0.05, 0.1) is 28.7 Å². The molecule has 5 aromatic carbocycles. The zero-order valence-electron chi connectivity index (χ0n) is 54.5. The summed E-state index contributed by atoms with van der Waals surface area (Å²) in [4.78, 5) is 117. The van der Waals surface area contributed by atoms with E-state index in [2.05, 4.69) is 37.3 Å². The van der Waals surface area contributed by atoms with E-state index in [9.17, 15) is 69.9 Å². The van der Waals surface area contributed by atoms with Gasteiger partial charge in [-0.25, -0.2) is 4.79 Å². The number of nitrogens with two attached hydrogens (primary N) is 3. The van der Waals surface area contributed by atoms with Crippen molar-refractivity contribution in [3.8, 4) is 57.1 Å². The number of primary amides is 1. The average molecular weight is 1460 g/mol. The van der Waals surface area contributed by atoms with Crippen LogP contribution in [0.15, 0.2) is 78.9 Å². The number of hydrogen-bond acceptors (Lipinski definition) is 25. The summed E-state index contributed by atoms with van der Waals surface area (Å²) in [6, 6.07) is 0.609. The van der Waals surface area contributed by atoms with Crippen molar-refractivity contribution >= 4 is 70.5 Å². The lowest BCUT2D eigenvalue weighted by atomic mass is 9.86. The molecule has 2 fully saturated rings. The second-order valence-electron chi connectivity index (χ2n) is 26.0. The number of carbonyl (C=O) groups is 8. The van der Waals surface area contributed by atoms with E-state index in [0.717, 1.165) is 66.7 Å². The smallest absolute Gasteiger partial charge is 0.330 e. The number of carboxylic acids is 1. The van der Waals surface area contributed by atoms with Crippen LogP contribution in [-0.4, -0.2) is 173 Å². The zero-order chi connectivity index (χ0) is 73.5. The van der Waals surface area contributed by atoms with Gasteiger partial charge in [0.1, 0.15) is 89.5 Å². The van der Waals surface area contributed by atoms with Crippen LogP contribution in [0.5, 0.6) is 46.0 Å². The van der Waals surface area contributed by atoms with Crippen LogP contribution in [0.4, 0.5) is 0 Å². The third-order valence-corrected chi connectivity index (χ3v) is 18.4. The molecule has 11 bridgehead atoms. The molecule has 22 N–H and O–H groups in total. The summed E-state index contributed by atoms with van der Waals surface area (Å²) >= 11 is 14.1. The summed E-state index contributed by atoms with van der Waals surface area (Å²) in [6.45, 7) is 7.90. The Labute approximate surface area is 592 Å². The predicted octanol–water partition coefficient (Wildman–Crippen LogP) is 1.26. The Bertz CT molecular complexity index is 4080. The Morgan fingerprint density at radius 2 is 1.30 bits per heavy atom. The fourth-order valence-electron chi connectivity index (χ4n) is 12.7. The zero-order valence-corrected chi connectivity index (χ0v) is 56.0. The molecular formula is C67H80Cl2N10O23. The number of amides is 7. The molecule has 7 heterocycles. The normalized spacial score (nSPS) is 29.1. The van der Waals surface area contributed by atoms with Crippen molar-refractivity contribution in [2.75, 3.05) is 6.54 Å². The second kappa shape index (κ2) is 31.2. The molecule has 0 aliphatic carbocycles. The minimum Gasteiger partial charge on any atom is -0.508 e. The third kappa shape index (κ3) is 16.3. The van der Waals surface area contributed by atoms with E-state index in [1.54, 1.807) is 6.92 Å². The summed E-state index contributed by atoms with van der Waals surface area (Å²) in [6.07, 6.45) is -17.8. The van der Waals surface area contributed by atoms with Gasteiger partial charge in [-0.1, -0.05) is 69.6 Å². The molecule has 0 saturated carbocycles. The lowest BCUT2D eigenvalue weighted by molar-refractivity contribution is -0.330. The molecule has 550 valence electrons. The molecule has 7 aliphatic heterocycles. The molecule has 12 rings (SSSR count). The summed E-state index contributed by atoms with van der Waals surface area (Å²) in [5.41, 5.74) is 10.5.